The van der Waals surface area contributed by atoms with Crippen LogP contribution in [-0.4, -0.2) is 63.0 Å². The minimum absolute atomic E-state index is 0.00813. The number of non-ortho nitro benzene ring substituents is 2. The number of likely N-dealkylation sites (tertiary alicyclic amines) is 1. The minimum atomic E-state index is -1.15. The van der Waals surface area contributed by atoms with Crippen molar-refractivity contribution in [1.29, 1.82) is 0 Å². The lowest BCUT2D eigenvalue weighted by atomic mass is 9.95. The molecule has 3 rings (SSSR count). The molecule has 0 aromatic heterocycles. The van der Waals surface area contributed by atoms with E-state index in [1.807, 2.05) is 0 Å². The molecule has 33 heavy (non-hydrogen) atoms. The van der Waals surface area contributed by atoms with E-state index in [-0.39, 0.29) is 54.4 Å². The van der Waals surface area contributed by atoms with E-state index in [1.165, 1.54) is 36.4 Å². The topological polar surface area (TPSA) is 173 Å². The molecule has 1 heterocycles. The molecular formula is C21H19N3O9. The van der Waals surface area contributed by atoms with Crippen molar-refractivity contribution in [2.45, 2.75) is 6.04 Å². The Hall–Kier alpha value is -4.16. The maximum absolute atomic E-state index is 12.9. The summed E-state index contributed by atoms with van der Waals surface area (Å²) in [6, 6.07) is 8.89. The van der Waals surface area contributed by atoms with E-state index in [9.17, 15) is 34.9 Å². The van der Waals surface area contributed by atoms with Gasteiger partial charge in [0.05, 0.1) is 41.3 Å². The van der Waals surface area contributed by atoms with Crippen LogP contribution in [0.2, 0.25) is 0 Å². The Balaban J connectivity index is 2.11. The molecule has 0 spiro atoms. The lowest BCUT2D eigenvalue weighted by molar-refractivity contribution is -0.385. The number of Topliss-reactive ketones (excluding diaryl/α,β-unsaturated/α-hetero) is 1. The van der Waals surface area contributed by atoms with Crippen molar-refractivity contribution in [2.24, 2.45) is 0 Å². The number of hydrogen-bond acceptors (Lipinski definition) is 9. The predicted molar refractivity (Wildman–Crippen MR) is 113 cm³/mol. The number of nitrogens with zero attached hydrogens (tertiary/aromatic N) is 3. The van der Waals surface area contributed by atoms with Crippen LogP contribution in [0.5, 0.6) is 0 Å². The maximum atomic E-state index is 12.9. The van der Waals surface area contributed by atoms with Crippen molar-refractivity contribution in [3.05, 3.63) is 85.5 Å². The van der Waals surface area contributed by atoms with E-state index in [0.29, 0.717) is 0 Å². The summed E-state index contributed by atoms with van der Waals surface area (Å²) in [6.07, 6.45) is 0. The van der Waals surface area contributed by atoms with E-state index >= 15 is 0 Å². The molecule has 1 atom stereocenters. The highest BCUT2D eigenvalue weighted by Gasteiger charge is 2.46. The molecule has 2 aromatic carbocycles. The van der Waals surface area contributed by atoms with E-state index in [4.69, 9.17) is 9.84 Å². The first-order valence-corrected chi connectivity index (χ1v) is 9.72. The first-order valence-electron chi connectivity index (χ1n) is 9.72. The molecule has 12 nitrogen and oxygen atoms in total. The average Bonchev–Trinajstić information content (AvgIpc) is 3.06. The number of aliphatic hydroxyl groups excluding tert-OH is 2. The minimum Gasteiger partial charge on any atom is -0.507 e. The van der Waals surface area contributed by atoms with Crippen LogP contribution < -0.4 is 0 Å². The van der Waals surface area contributed by atoms with Crippen molar-refractivity contribution in [3.63, 3.8) is 0 Å². The summed E-state index contributed by atoms with van der Waals surface area (Å²) in [7, 11) is 0. The second-order valence-electron chi connectivity index (χ2n) is 6.98. The first kappa shape index (κ1) is 23.5. The van der Waals surface area contributed by atoms with Crippen LogP contribution in [0.4, 0.5) is 11.4 Å². The van der Waals surface area contributed by atoms with Gasteiger partial charge in [0.15, 0.2) is 0 Å². The molecule has 12 heteroatoms. The third kappa shape index (κ3) is 4.86. The van der Waals surface area contributed by atoms with Crippen LogP contribution in [-0.2, 0) is 14.3 Å². The fourth-order valence-corrected chi connectivity index (χ4v) is 3.49. The molecular weight excluding hydrogens is 438 g/mol. The standard InChI is InChI=1S/C21H19N3O9/c25-9-11-33-10-8-22-18(14-2-1-3-16(12-14)24(31)32)17(20(27)21(22)28)19(26)13-4-6-15(7-5-13)23(29)30/h1-7,12,18,25-26H,8-11H2/b19-17+. The third-order valence-electron chi connectivity index (χ3n) is 5.00. The SMILES string of the molecule is O=C1C(=O)N(CCOCCO)C(c2cccc([N+](=O)[O-])c2)/C1=C(\O)c1ccc([N+](=O)[O-])cc1. The lowest BCUT2D eigenvalue weighted by Crippen LogP contribution is -2.33. The van der Waals surface area contributed by atoms with E-state index in [1.54, 1.807) is 0 Å². The Morgan fingerprint density at radius 2 is 1.67 bits per heavy atom. The monoisotopic (exact) mass is 457 g/mol. The summed E-state index contributed by atoms with van der Waals surface area (Å²) in [6.45, 7) is -0.354. The van der Waals surface area contributed by atoms with Gasteiger partial charge in [0.1, 0.15) is 5.76 Å². The molecule has 0 aliphatic carbocycles. The summed E-state index contributed by atoms with van der Waals surface area (Å²) in [5, 5.41) is 41.9. The number of carbonyl (C=O) groups is 2. The van der Waals surface area contributed by atoms with Gasteiger partial charge in [-0.25, -0.2) is 0 Å². The first-order chi connectivity index (χ1) is 15.8. The average molecular weight is 457 g/mol. The van der Waals surface area contributed by atoms with Gasteiger partial charge >= 0.3 is 0 Å². The molecule has 2 aromatic rings. The number of nitro groups is 2. The van der Waals surface area contributed by atoms with Gasteiger partial charge in [-0.15, -0.1) is 0 Å². The Morgan fingerprint density at radius 1 is 1.00 bits per heavy atom. The highest BCUT2D eigenvalue weighted by Crippen LogP contribution is 2.40. The summed E-state index contributed by atoms with van der Waals surface area (Å²) in [4.78, 5) is 47.6. The number of ketones is 1. The normalized spacial score (nSPS) is 17.4. The van der Waals surface area contributed by atoms with E-state index in [0.717, 1.165) is 17.0 Å². The predicted octanol–water partition coefficient (Wildman–Crippen LogP) is 1.93. The molecule has 1 saturated heterocycles. The summed E-state index contributed by atoms with van der Waals surface area (Å²) >= 11 is 0. The Bertz CT molecular complexity index is 1130. The fourth-order valence-electron chi connectivity index (χ4n) is 3.49. The zero-order chi connectivity index (χ0) is 24.1. The molecule has 0 bridgehead atoms. The van der Waals surface area contributed by atoms with Crippen molar-refractivity contribution in [2.75, 3.05) is 26.4 Å². The van der Waals surface area contributed by atoms with Crippen molar-refractivity contribution in [3.8, 4) is 0 Å². The van der Waals surface area contributed by atoms with E-state index < -0.39 is 33.3 Å². The van der Waals surface area contributed by atoms with E-state index in [2.05, 4.69) is 0 Å². The second kappa shape index (κ2) is 9.97. The summed E-state index contributed by atoms with van der Waals surface area (Å²) in [5.74, 6) is -2.52. The molecule has 1 aliphatic rings. The van der Waals surface area contributed by atoms with Crippen molar-refractivity contribution < 1.29 is 34.4 Å². The number of carbonyl (C=O) groups excluding carboxylic acids is 2. The molecule has 172 valence electrons. The van der Waals surface area contributed by atoms with Crippen LogP contribution in [0.15, 0.2) is 54.1 Å². The quantitative estimate of drug-likeness (QED) is 0.142. The van der Waals surface area contributed by atoms with Crippen molar-refractivity contribution >= 4 is 28.8 Å². The zero-order valence-electron chi connectivity index (χ0n) is 17.1. The third-order valence-corrected chi connectivity index (χ3v) is 5.00. The number of nitro benzene ring substituents is 2. The number of aliphatic hydroxyl groups is 2. The largest absolute Gasteiger partial charge is 0.507 e. The van der Waals surface area contributed by atoms with Gasteiger partial charge < -0.3 is 19.8 Å². The molecule has 0 radical (unpaired) electrons. The Labute approximate surface area is 186 Å². The summed E-state index contributed by atoms with van der Waals surface area (Å²) in [5.41, 5.74) is -0.538. The molecule has 1 fully saturated rings. The number of rotatable bonds is 9. The second-order valence-corrected chi connectivity index (χ2v) is 6.98. The smallest absolute Gasteiger partial charge is 0.295 e. The van der Waals surface area contributed by atoms with Gasteiger partial charge in [-0.05, 0) is 17.7 Å². The number of benzene rings is 2. The highest BCUT2D eigenvalue weighted by atomic mass is 16.6. The van der Waals surface area contributed by atoms with Gasteiger partial charge in [0.2, 0.25) is 0 Å². The van der Waals surface area contributed by atoms with Crippen LogP contribution in [0.1, 0.15) is 17.2 Å². The Kier molecular flexibility index (Phi) is 7.10. The van der Waals surface area contributed by atoms with Crippen molar-refractivity contribution in [1.82, 2.24) is 4.90 Å². The molecule has 1 unspecified atom stereocenters. The van der Waals surface area contributed by atoms with Gasteiger partial charge in [-0.3, -0.25) is 29.8 Å². The van der Waals surface area contributed by atoms with Crippen LogP contribution in [0.3, 0.4) is 0 Å². The number of amides is 1. The molecule has 1 aliphatic heterocycles. The highest BCUT2D eigenvalue weighted by molar-refractivity contribution is 6.46. The summed E-state index contributed by atoms with van der Waals surface area (Å²) < 4.78 is 5.18. The maximum Gasteiger partial charge on any atom is 0.295 e. The Morgan fingerprint density at radius 3 is 2.27 bits per heavy atom. The van der Waals surface area contributed by atoms with Gasteiger partial charge in [-0.1, -0.05) is 12.1 Å². The fraction of sp³-hybridized carbons (Fsp3) is 0.238. The van der Waals surface area contributed by atoms with Crippen LogP contribution >= 0.6 is 0 Å². The molecule has 1 amide bonds. The lowest BCUT2D eigenvalue weighted by Gasteiger charge is -2.25. The van der Waals surface area contributed by atoms with Gasteiger partial charge in [0.25, 0.3) is 23.1 Å². The zero-order valence-corrected chi connectivity index (χ0v) is 17.1. The van der Waals surface area contributed by atoms with Crippen LogP contribution in [0, 0.1) is 20.2 Å². The van der Waals surface area contributed by atoms with Gasteiger partial charge in [0, 0.05) is 36.4 Å². The molecule has 2 N–H and O–H groups in total. The number of ether oxygens (including phenoxy) is 1. The van der Waals surface area contributed by atoms with Gasteiger partial charge in [-0.2, -0.15) is 0 Å². The van der Waals surface area contributed by atoms with Crippen LogP contribution in [0.25, 0.3) is 5.76 Å². The molecule has 0 saturated carbocycles. The number of hydrogen-bond donors (Lipinski definition) is 2.